The quantitative estimate of drug-likeness (QED) is 0.622. The van der Waals surface area contributed by atoms with Crippen LogP contribution in [0.1, 0.15) is 71.6 Å². The number of aliphatic hydroxyl groups is 1. The molecule has 0 amide bonds. The zero-order valence-corrected chi connectivity index (χ0v) is 14.6. The van der Waals surface area contributed by atoms with Crippen LogP contribution in [0.25, 0.3) is 0 Å². The van der Waals surface area contributed by atoms with E-state index in [-0.39, 0.29) is 11.5 Å². The van der Waals surface area contributed by atoms with E-state index in [0.29, 0.717) is 10.7 Å². The fourth-order valence-corrected chi connectivity index (χ4v) is 7.59. The highest BCUT2D eigenvalue weighted by atomic mass is 32.1. The number of hydrogen-bond donors (Lipinski definition) is 2. The van der Waals surface area contributed by atoms with Crippen LogP contribution in [0.15, 0.2) is 0 Å². The lowest BCUT2D eigenvalue weighted by molar-refractivity contribution is -0.119. The lowest BCUT2D eigenvalue weighted by atomic mass is 9.45. The second-order valence-corrected chi connectivity index (χ2v) is 9.95. The first kappa shape index (κ1) is 14.9. The summed E-state index contributed by atoms with van der Waals surface area (Å²) >= 11 is 4.79. The van der Waals surface area contributed by atoms with Gasteiger partial charge in [-0.25, -0.2) is 0 Å². The topological polar surface area (TPSA) is 20.2 Å². The zero-order chi connectivity index (χ0) is 14.8. The van der Waals surface area contributed by atoms with Crippen molar-refractivity contribution < 1.29 is 5.11 Å². The van der Waals surface area contributed by atoms with E-state index in [9.17, 15) is 5.11 Å². The molecule has 0 aromatic carbocycles. The van der Waals surface area contributed by atoms with E-state index in [1.165, 1.54) is 51.4 Å². The van der Waals surface area contributed by atoms with Gasteiger partial charge in [-0.3, -0.25) is 0 Å². The van der Waals surface area contributed by atoms with E-state index >= 15 is 0 Å². The summed E-state index contributed by atoms with van der Waals surface area (Å²) in [6, 6.07) is 0. The molecule has 0 aromatic heterocycles. The molecule has 0 saturated heterocycles. The van der Waals surface area contributed by atoms with E-state index in [2.05, 4.69) is 13.8 Å². The van der Waals surface area contributed by atoms with Crippen molar-refractivity contribution in [1.29, 1.82) is 0 Å². The smallest absolute Gasteiger partial charge is 0.0596 e. The fraction of sp³-hybridized carbons (Fsp3) is 1.00. The molecule has 120 valence electrons. The molecule has 21 heavy (non-hydrogen) atoms. The first-order valence-electron chi connectivity index (χ1n) is 9.31. The summed E-state index contributed by atoms with van der Waals surface area (Å²) in [6.45, 7) is 5.01. The molecule has 0 bridgehead atoms. The van der Waals surface area contributed by atoms with Crippen molar-refractivity contribution in [1.82, 2.24) is 0 Å². The maximum absolute atomic E-state index is 10.5. The van der Waals surface area contributed by atoms with Crippen molar-refractivity contribution in [3.8, 4) is 0 Å². The maximum Gasteiger partial charge on any atom is 0.0596 e. The van der Waals surface area contributed by atoms with Crippen molar-refractivity contribution in [2.45, 2.75) is 83.0 Å². The van der Waals surface area contributed by atoms with Gasteiger partial charge >= 0.3 is 0 Å². The zero-order valence-electron chi connectivity index (χ0n) is 13.7. The first-order chi connectivity index (χ1) is 9.95. The summed E-state index contributed by atoms with van der Waals surface area (Å²) in [7, 11) is 0. The first-order valence-corrected chi connectivity index (χ1v) is 9.83. The van der Waals surface area contributed by atoms with Gasteiger partial charge in [-0.05, 0) is 92.3 Å². The molecule has 4 aliphatic rings. The second-order valence-electron chi connectivity index (χ2n) is 9.22. The molecule has 0 heterocycles. The van der Waals surface area contributed by atoms with Crippen LogP contribution in [0.4, 0.5) is 0 Å². The van der Waals surface area contributed by atoms with Gasteiger partial charge in [0, 0.05) is 5.25 Å². The molecule has 0 spiro atoms. The molecule has 4 aliphatic carbocycles. The molecule has 8 atom stereocenters. The van der Waals surface area contributed by atoms with Gasteiger partial charge in [0.05, 0.1) is 6.10 Å². The highest BCUT2D eigenvalue weighted by Gasteiger charge is 2.59. The number of fused-ring (bicyclic) bond motifs is 5. The average molecular weight is 309 g/mol. The van der Waals surface area contributed by atoms with E-state index < -0.39 is 0 Å². The highest BCUT2D eigenvalue weighted by Crippen LogP contribution is 2.66. The number of thiol groups is 1. The van der Waals surface area contributed by atoms with Crippen LogP contribution in [-0.4, -0.2) is 16.5 Å². The van der Waals surface area contributed by atoms with Gasteiger partial charge in [-0.15, -0.1) is 0 Å². The van der Waals surface area contributed by atoms with Crippen molar-refractivity contribution in [2.24, 2.45) is 34.5 Å². The van der Waals surface area contributed by atoms with Crippen LogP contribution >= 0.6 is 12.6 Å². The van der Waals surface area contributed by atoms with Crippen LogP contribution in [0.3, 0.4) is 0 Å². The normalized spacial score (nSPS) is 60.0. The van der Waals surface area contributed by atoms with Crippen LogP contribution in [0, 0.1) is 34.5 Å². The Hall–Kier alpha value is 0.310. The Kier molecular flexibility index (Phi) is 3.47. The standard InChI is InChI=1S/C19H32OS/c1-18-9-7-13(21)11-12(18)3-4-14-15-5-6-17(20)19(15,2)10-8-16(14)18/h12-17,20-21H,3-11H2,1-2H3/t12?,13?,14-,15-,16-,17-,18-,19-/m0/s1. The average Bonchev–Trinajstić information content (AvgIpc) is 2.76. The van der Waals surface area contributed by atoms with Gasteiger partial charge in [0.25, 0.3) is 0 Å². The van der Waals surface area contributed by atoms with Crippen LogP contribution in [-0.2, 0) is 0 Å². The van der Waals surface area contributed by atoms with Gasteiger partial charge in [0.15, 0.2) is 0 Å². The lowest BCUT2D eigenvalue weighted by Crippen LogP contribution is -2.54. The predicted octanol–water partition coefficient (Wildman–Crippen LogP) is 4.69. The molecular formula is C19H32OS. The van der Waals surface area contributed by atoms with Crippen LogP contribution in [0.5, 0.6) is 0 Å². The number of rotatable bonds is 0. The summed E-state index contributed by atoms with van der Waals surface area (Å²) in [5.41, 5.74) is 0.822. The summed E-state index contributed by atoms with van der Waals surface area (Å²) in [5, 5.41) is 11.1. The minimum Gasteiger partial charge on any atom is -0.393 e. The monoisotopic (exact) mass is 308 g/mol. The Labute approximate surface area is 135 Å². The van der Waals surface area contributed by atoms with Crippen LogP contribution < -0.4 is 0 Å². The Balaban J connectivity index is 1.62. The van der Waals surface area contributed by atoms with Crippen molar-refractivity contribution in [2.75, 3.05) is 0 Å². The summed E-state index contributed by atoms with van der Waals surface area (Å²) in [4.78, 5) is 0. The Morgan fingerprint density at radius 1 is 0.857 bits per heavy atom. The SMILES string of the molecule is C[C@]12CC[C@H]3[C@@H](CCC4CC(S)CC[C@@]43C)[C@@H]1CC[C@@H]2O. The molecular weight excluding hydrogens is 276 g/mol. The molecule has 4 fully saturated rings. The van der Waals surface area contributed by atoms with Gasteiger partial charge < -0.3 is 5.11 Å². The van der Waals surface area contributed by atoms with Crippen LogP contribution in [0.2, 0.25) is 0 Å². The van der Waals surface area contributed by atoms with Gasteiger partial charge in [-0.2, -0.15) is 12.6 Å². The summed E-state index contributed by atoms with van der Waals surface area (Å²) < 4.78 is 0. The van der Waals surface area contributed by atoms with Crippen molar-refractivity contribution in [3.05, 3.63) is 0 Å². The van der Waals surface area contributed by atoms with E-state index in [0.717, 1.165) is 30.1 Å². The molecule has 1 nitrogen and oxygen atoms in total. The molecule has 2 unspecified atom stereocenters. The molecule has 0 aromatic rings. The minimum absolute atomic E-state index is 0.0258. The molecule has 1 N–H and O–H groups in total. The molecule has 4 saturated carbocycles. The molecule has 0 aliphatic heterocycles. The van der Waals surface area contributed by atoms with Gasteiger partial charge in [0.1, 0.15) is 0 Å². The van der Waals surface area contributed by atoms with E-state index in [1.54, 1.807) is 0 Å². The van der Waals surface area contributed by atoms with Crippen molar-refractivity contribution >= 4 is 12.6 Å². The number of aliphatic hydroxyl groups excluding tert-OH is 1. The van der Waals surface area contributed by atoms with E-state index in [4.69, 9.17) is 12.6 Å². The molecule has 0 radical (unpaired) electrons. The van der Waals surface area contributed by atoms with Crippen molar-refractivity contribution in [3.63, 3.8) is 0 Å². The third kappa shape index (κ3) is 2.00. The highest BCUT2D eigenvalue weighted by molar-refractivity contribution is 7.80. The number of hydrogen-bond acceptors (Lipinski definition) is 2. The summed E-state index contributed by atoms with van der Waals surface area (Å²) in [6.07, 6.45) is 11.9. The third-order valence-corrected chi connectivity index (χ3v) is 9.06. The molecule has 4 rings (SSSR count). The fourth-order valence-electron chi connectivity index (χ4n) is 7.21. The Morgan fingerprint density at radius 3 is 2.38 bits per heavy atom. The Morgan fingerprint density at radius 2 is 1.57 bits per heavy atom. The summed E-state index contributed by atoms with van der Waals surface area (Å²) in [5.74, 6) is 3.56. The lowest BCUT2D eigenvalue weighted by Gasteiger charge is -2.60. The minimum atomic E-state index is -0.0258. The third-order valence-electron chi connectivity index (χ3n) is 8.59. The predicted molar refractivity (Wildman–Crippen MR) is 90.5 cm³/mol. The van der Waals surface area contributed by atoms with Gasteiger partial charge in [-0.1, -0.05) is 13.8 Å². The maximum atomic E-state index is 10.5. The van der Waals surface area contributed by atoms with Gasteiger partial charge in [0.2, 0.25) is 0 Å². The molecule has 2 heteroatoms. The Bertz CT molecular complexity index is 424. The van der Waals surface area contributed by atoms with E-state index in [1.807, 2.05) is 0 Å². The largest absolute Gasteiger partial charge is 0.393 e. The second kappa shape index (κ2) is 4.90.